The highest BCUT2D eigenvalue weighted by atomic mass is 35.5. The summed E-state index contributed by atoms with van der Waals surface area (Å²) in [7, 11) is 3.27. The maximum atomic E-state index is 5.26. The summed E-state index contributed by atoms with van der Waals surface area (Å²) in [6.45, 7) is 2.01. The second kappa shape index (κ2) is 10.2. The number of benzene rings is 2. The second-order valence-corrected chi connectivity index (χ2v) is 4.90. The predicted molar refractivity (Wildman–Crippen MR) is 103 cm³/mol. The van der Waals surface area contributed by atoms with E-state index in [1.54, 1.807) is 20.4 Å². The van der Waals surface area contributed by atoms with Crippen molar-refractivity contribution in [1.82, 2.24) is 9.78 Å². The molecule has 0 aliphatic rings. The van der Waals surface area contributed by atoms with Crippen LogP contribution in [0.3, 0.4) is 0 Å². The average molecular weight is 363 g/mol. The fourth-order valence-corrected chi connectivity index (χ4v) is 2.19. The molecule has 7 heteroatoms. The number of rotatable bonds is 4. The van der Waals surface area contributed by atoms with Crippen molar-refractivity contribution >= 4 is 18.1 Å². The molecule has 0 bridgehead atoms. The van der Waals surface area contributed by atoms with E-state index in [1.807, 2.05) is 66.2 Å². The van der Waals surface area contributed by atoms with E-state index in [4.69, 9.17) is 15.3 Å². The minimum atomic E-state index is 0. The summed E-state index contributed by atoms with van der Waals surface area (Å²) in [6, 6.07) is 17.3. The van der Waals surface area contributed by atoms with Crippen LogP contribution in [0.1, 0.15) is 5.69 Å². The molecule has 0 aliphatic carbocycles. The summed E-state index contributed by atoms with van der Waals surface area (Å²) in [5.74, 6) is 6.78. The van der Waals surface area contributed by atoms with Crippen LogP contribution in [0, 0.1) is 6.92 Å². The number of nitrogens with zero attached hydrogens (tertiary/aromatic N) is 2. The number of aryl methyl sites for hydroxylation is 1. The van der Waals surface area contributed by atoms with E-state index in [0.717, 1.165) is 28.6 Å². The zero-order chi connectivity index (χ0) is 17.4. The summed E-state index contributed by atoms with van der Waals surface area (Å²) < 4.78 is 12.1. The van der Waals surface area contributed by atoms with E-state index in [9.17, 15) is 0 Å². The fourth-order valence-electron chi connectivity index (χ4n) is 2.19. The van der Waals surface area contributed by atoms with Gasteiger partial charge in [-0.2, -0.15) is 5.10 Å². The van der Waals surface area contributed by atoms with Crippen molar-refractivity contribution in [1.29, 1.82) is 0 Å². The van der Waals surface area contributed by atoms with Crippen molar-refractivity contribution in [2.75, 3.05) is 19.6 Å². The van der Waals surface area contributed by atoms with Gasteiger partial charge in [0.2, 0.25) is 0 Å². The van der Waals surface area contributed by atoms with Crippen molar-refractivity contribution < 1.29 is 9.47 Å². The molecule has 6 nitrogen and oxygen atoms in total. The molecule has 0 saturated heterocycles. The number of nitrogens with one attached hydrogen (secondary N) is 1. The van der Waals surface area contributed by atoms with E-state index in [-0.39, 0.29) is 12.4 Å². The monoisotopic (exact) mass is 362 g/mol. The maximum Gasteiger partial charge on any atom is 0.144 e. The van der Waals surface area contributed by atoms with E-state index in [0.29, 0.717) is 0 Å². The average Bonchev–Trinajstić information content (AvgIpc) is 3.07. The molecule has 3 rings (SSSR count). The van der Waals surface area contributed by atoms with Gasteiger partial charge in [0.15, 0.2) is 0 Å². The molecule has 0 fully saturated rings. The van der Waals surface area contributed by atoms with E-state index >= 15 is 0 Å². The van der Waals surface area contributed by atoms with Crippen LogP contribution in [0.5, 0.6) is 11.5 Å². The molecule has 1 aromatic heterocycles. The molecule has 0 unspecified atom stereocenters. The Balaban J connectivity index is 0.000000254. The van der Waals surface area contributed by atoms with Gasteiger partial charge in [-0.15, -0.1) is 12.4 Å². The van der Waals surface area contributed by atoms with Crippen molar-refractivity contribution in [2.24, 2.45) is 5.84 Å². The Morgan fingerprint density at radius 2 is 1.52 bits per heavy atom. The number of para-hydroxylation sites is 4. The van der Waals surface area contributed by atoms with Gasteiger partial charge in [-0.25, -0.2) is 4.68 Å². The lowest BCUT2D eigenvalue weighted by atomic mass is 10.3. The highest BCUT2D eigenvalue weighted by molar-refractivity contribution is 5.85. The standard InChI is InChI=1S/C11H12N2O.C7H10N2O.ClH/c1-9-7-8-12-13(9)10-5-3-4-6-11(10)14-2;1-10-7-5-3-2-4-6(7)9-8;/h3-8H,1-2H3;2-5,9H,8H2,1H3;1H. The summed E-state index contributed by atoms with van der Waals surface area (Å²) in [4.78, 5) is 0. The molecule has 25 heavy (non-hydrogen) atoms. The number of hydrogen-bond acceptors (Lipinski definition) is 5. The minimum Gasteiger partial charge on any atom is -0.495 e. The summed E-state index contributed by atoms with van der Waals surface area (Å²) in [5.41, 5.74) is 5.38. The van der Waals surface area contributed by atoms with Crippen LogP contribution in [0.15, 0.2) is 60.8 Å². The molecule has 1 heterocycles. The molecule has 0 aliphatic heterocycles. The number of aromatic nitrogens is 2. The van der Waals surface area contributed by atoms with Gasteiger partial charge in [0.05, 0.1) is 19.9 Å². The Morgan fingerprint density at radius 3 is 2.04 bits per heavy atom. The van der Waals surface area contributed by atoms with Crippen LogP contribution in [-0.4, -0.2) is 24.0 Å². The van der Waals surface area contributed by atoms with Gasteiger partial charge < -0.3 is 14.9 Å². The molecule has 0 saturated carbocycles. The first-order chi connectivity index (χ1) is 11.7. The van der Waals surface area contributed by atoms with Crippen LogP contribution in [0.4, 0.5) is 5.69 Å². The first-order valence-electron chi connectivity index (χ1n) is 7.45. The maximum absolute atomic E-state index is 5.26. The fraction of sp³-hybridized carbons (Fsp3) is 0.167. The largest absolute Gasteiger partial charge is 0.495 e. The van der Waals surface area contributed by atoms with Crippen molar-refractivity contribution in [3.8, 4) is 17.2 Å². The number of methoxy groups -OCH3 is 2. The number of ether oxygens (including phenoxy) is 2. The Bertz CT molecular complexity index is 754. The predicted octanol–water partition coefficient (Wildman–Crippen LogP) is 3.59. The molecule has 0 spiro atoms. The van der Waals surface area contributed by atoms with E-state index < -0.39 is 0 Å². The number of nitrogen functional groups attached to an aromatic ring is 1. The molecule has 0 atom stereocenters. The molecular formula is C18H23ClN4O2. The highest BCUT2D eigenvalue weighted by Crippen LogP contribution is 2.22. The molecule has 2 aromatic carbocycles. The van der Waals surface area contributed by atoms with Gasteiger partial charge in [0.25, 0.3) is 0 Å². The Labute approximate surface area is 153 Å². The third-order valence-electron chi connectivity index (χ3n) is 3.41. The molecule has 3 aromatic rings. The van der Waals surface area contributed by atoms with Crippen LogP contribution in [-0.2, 0) is 0 Å². The number of anilines is 1. The zero-order valence-electron chi connectivity index (χ0n) is 14.5. The Morgan fingerprint density at radius 1 is 0.920 bits per heavy atom. The Kier molecular flexibility index (Phi) is 8.32. The Hall–Kier alpha value is -2.70. The quantitative estimate of drug-likeness (QED) is 0.548. The van der Waals surface area contributed by atoms with Crippen LogP contribution < -0.4 is 20.7 Å². The minimum absolute atomic E-state index is 0. The van der Waals surface area contributed by atoms with Gasteiger partial charge in [0.1, 0.15) is 17.2 Å². The summed E-state index contributed by atoms with van der Waals surface area (Å²) in [5, 5.41) is 4.23. The van der Waals surface area contributed by atoms with Crippen LogP contribution in [0.2, 0.25) is 0 Å². The van der Waals surface area contributed by atoms with Crippen molar-refractivity contribution in [3.63, 3.8) is 0 Å². The lowest BCUT2D eigenvalue weighted by molar-refractivity contribution is 0.411. The third-order valence-corrected chi connectivity index (χ3v) is 3.41. The smallest absolute Gasteiger partial charge is 0.144 e. The molecular weight excluding hydrogens is 340 g/mol. The molecule has 3 N–H and O–H groups in total. The van der Waals surface area contributed by atoms with Crippen LogP contribution >= 0.6 is 12.4 Å². The zero-order valence-corrected chi connectivity index (χ0v) is 15.3. The van der Waals surface area contributed by atoms with Gasteiger partial charge >= 0.3 is 0 Å². The van der Waals surface area contributed by atoms with E-state index in [1.165, 1.54) is 0 Å². The SMILES string of the molecule is COc1ccccc1-n1nccc1C.COc1ccccc1NN.Cl. The van der Waals surface area contributed by atoms with Crippen molar-refractivity contribution in [2.45, 2.75) is 6.92 Å². The highest BCUT2D eigenvalue weighted by Gasteiger charge is 2.05. The number of hydrogen-bond donors (Lipinski definition) is 2. The van der Waals surface area contributed by atoms with Gasteiger partial charge in [0, 0.05) is 11.9 Å². The number of nitrogens with two attached hydrogens (primary N) is 1. The number of halogens is 1. The normalized spacial score (nSPS) is 9.28. The topological polar surface area (TPSA) is 74.3 Å². The lowest BCUT2D eigenvalue weighted by Gasteiger charge is -2.09. The van der Waals surface area contributed by atoms with Gasteiger partial charge in [-0.05, 0) is 37.3 Å². The summed E-state index contributed by atoms with van der Waals surface area (Å²) in [6.07, 6.45) is 1.78. The lowest BCUT2D eigenvalue weighted by Crippen LogP contribution is -2.07. The summed E-state index contributed by atoms with van der Waals surface area (Å²) >= 11 is 0. The third kappa shape index (κ3) is 5.14. The van der Waals surface area contributed by atoms with Crippen molar-refractivity contribution in [3.05, 3.63) is 66.5 Å². The first-order valence-corrected chi connectivity index (χ1v) is 7.45. The molecule has 0 radical (unpaired) electrons. The van der Waals surface area contributed by atoms with Gasteiger partial charge in [-0.1, -0.05) is 24.3 Å². The number of hydrazine groups is 1. The van der Waals surface area contributed by atoms with Gasteiger partial charge in [-0.3, -0.25) is 5.84 Å². The first kappa shape index (κ1) is 20.3. The molecule has 0 amide bonds. The van der Waals surface area contributed by atoms with E-state index in [2.05, 4.69) is 10.5 Å². The molecule has 134 valence electrons. The second-order valence-electron chi connectivity index (χ2n) is 4.90. The van der Waals surface area contributed by atoms with Crippen LogP contribution in [0.25, 0.3) is 5.69 Å².